The number of hydrogen-bond donors (Lipinski definition) is 0. The van der Waals surface area contributed by atoms with Gasteiger partial charge in [0.25, 0.3) is 0 Å². The minimum absolute atomic E-state index is 0. The Morgan fingerprint density at radius 1 is 0.889 bits per heavy atom. The normalized spacial score (nSPS) is 26.3. The van der Waals surface area contributed by atoms with Crippen molar-refractivity contribution in [3.63, 3.8) is 0 Å². The minimum atomic E-state index is -2.44. The van der Waals surface area contributed by atoms with Gasteiger partial charge in [0.2, 0.25) is 0 Å². The van der Waals surface area contributed by atoms with Gasteiger partial charge in [0.15, 0.2) is 0 Å². The molecule has 0 amide bonds. The van der Waals surface area contributed by atoms with Crippen LogP contribution in [0.4, 0.5) is 0 Å². The molecule has 4 heteroatoms. The van der Waals surface area contributed by atoms with Gasteiger partial charge >= 0.3 is 102 Å². The first-order chi connectivity index (χ1) is 7.28. The van der Waals surface area contributed by atoms with Gasteiger partial charge in [-0.15, -0.1) is 24.8 Å². The number of halogens is 2. The van der Waals surface area contributed by atoms with E-state index in [9.17, 15) is 0 Å². The van der Waals surface area contributed by atoms with Gasteiger partial charge in [-0.25, -0.2) is 0 Å². The van der Waals surface area contributed by atoms with Crippen molar-refractivity contribution in [1.29, 1.82) is 0 Å². The van der Waals surface area contributed by atoms with Crippen LogP contribution in [0.1, 0.15) is 13.8 Å². The largest absolute Gasteiger partial charge is 0.147 e. The molecule has 0 aromatic carbocycles. The summed E-state index contributed by atoms with van der Waals surface area (Å²) in [6.07, 6.45) is 14.4. The van der Waals surface area contributed by atoms with Gasteiger partial charge in [-0.3, -0.25) is 0 Å². The van der Waals surface area contributed by atoms with E-state index < -0.39 is 14.0 Å². The smallest absolute Gasteiger partial charge is 0.147 e. The number of rotatable bonds is 2. The van der Waals surface area contributed by atoms with Crippen LogP contribution in [-0.4, -0.2) is 7.63 Å². The molecule has 2 atom stereocenters. The first-order valence-corrected chi connectivity index (χ1v) is 15.0. The Morgan fingerprint density at radius 3 is 1.44 bits per heavy atom. The van der Waals surface area contributed by atoms with E-state index in [1.165, 1.54) is 11.1 Å². The van der Waals surface area contributed by atoms with Crippen LogP contribution >= 0.6 is 24.8 Å². The first kappa shape index (κ1) is 18.5. The maximum Gasteiger partial charge on any atom is -0.147 e. The third kappa shape index (κ3) is 3.32. The van der Waals surface area contributed by atoms with Crippen molar-refractivity contribution >= 4 is 32.4 Å². The van der Waals surface area contributed by atoms with Gasteiger partial charge < -0.3 is 0 Å². The second kappa shape index (κ2) is 5.85. The van der Waals surface area contributed by atoms with Crippen molar-refractivity contribution < 1.29 is 14.0 Å². The summed E-state index contributed by atoms with van der Waals surface area (Å²) in [4.78, 5) is 0. The summed E-state index contributed by atoms with van der Waals surface area (Å²) in [7, 11) is 2.33. The molecule has 0 radical (unpaired) electrons. The molecular formula is C14H24Cl2SiTi. The molecule has 0 saturated carbocycles. The standard InChI is InChI=1S/2C6H7.2CH3.2ClH.H2Si.Ti/c2*1-6-4-2-3-5-6;;;;;;/h2*2-5H,1H3;2*1H3;2*1H;1H2;. The van der Waals surface area contributed by atoms with E-state index in [-0.39, 0.29) is 24.8 Å². The maximum atomic E-state index is 2.59. The Balaban J connectivity index is 0.00000144. The van der Waals surface area contributed by atoms with E-state index >= 15 is 0 Å². The van der Waals surface area contributed by atoms with Crippen molar-refractivity contribution in [2.24, 2.45) is 0 Å². The van der Waals surface area contributed by atoms with Crippen molar-refractivity contribution in [3.05, 3.63) is 47.6 Å². The Hall–Kier alpha value is 0.471. The fraction of sp³-hybridized carbons (Fsp3) is 0.429. The number of hydrogen-bond acceptors (Lipinski definition) is 0. The van der Waals surface area contributed by atoms with Gasteiger partial charge in [-0.2, -0.15) is 0 Å². The van der Waals surface area contributed by atoms with Gasteiger partial charge in [0, 0.05) is 0 Å². The fourth-order valence-corrected chi connectivity index (χ4v) is 10.3. The molecule has 0 aromatic rings. The van der Waals surface area contributed by atoms with E-state index in [4.69, 9.17) is 0 Å². The van der Waals surface area contributed by atoms with E-state index in [2.05, 4.69) is 68.4 Å². The maximum absolute atomic E-state index is 2.59. The first-order valence-electron chi connectivity index (χ1n) is 6.09. The molecule has 102 valence electrons. The van der Waals surface area contributed by atoms with Crippen LogP contribution in [0.5, 0.6) is 0 Å². The fourth-order valence-electron chi connectivity index (χ4n) is 2.70. The van der Waals surface area contributed by atoms with Crippen LogP contribution in [0, 0.1) is 0 Å². The summed E-state index contributed by atoms with van der Waals surface area (Å²) in [5, 5.41) is 5.17. The van der Waals surface area contributed by atoms with Crippen LogP contribution in [0.25, 0.3) is 0 Å². The van der Waals surface area contributed by atoms with Crippen LogP contribution < -0.4 is 0 Å². The van der Waals surface area contributed by atoms with Gasteiger partial charge in [0.05, 0.1) is 0 Å². The summed E-state index contributed by atoms with van der Waals surface area (Å²) < 4.78 is 1.46. The van der Waals surface area contributed by atoms with Gasteiger partial charge in [-0.05, 0) is 0 Å². The van der Waals surface area contributed by atoms with Gasteiger partial charge in [0.1, 0.15) is 0 Å². The molecule has 0 fully saturated rings. The zero-order chi connectivity index (χ0) is 12.0. The zero-order valence-corrected chi connectivity index (χ0v) is 16.3. The van der Waals surface area contributed by atoms with E-state index in [0.29, 0.717) is 0 Å². The molecule has 18 heavy (non-hydrogen) atoms. The van der Waals surface area contributed by atoms with Crippen LogP contribution in [-0.2, 0) is 14.0 Å². The minimum Gasteiger partial charge on any atom is -0.147 e. The Bertz CT molecular complexity index is 466. The average Bonchev–Trinajstić information content (AvgIpc) is 2.73. The Kier molecular flexibility index (Phi) is 6.00. The SMILES string of the molecule is CC1=C[CH]([Ti]([CH3])([CH3])(=[SiH2])[CH]2C=CC(C)=C2)C=C1.Cl.Cl. The van der Waals surface area contributed by atoms with Gasteiger partial charge in [-0.1, -0.05) is 0 Å². The van der Waals surface area contributed by atoms with Crippen LogP contribution in [0.15, 0.2) is 47.6 Å². The number of allylic oxidation sites excluding steroid dienone is 8. The molecule has 2 rings (SSSR count). The summed E-state index contributed by atoms with van der Waals surface area (Å²) >= 11 is -2.44. The molecule has 0 aliphatic heterocycles. The summed E-state index contributed by atoms with van der Waals surface area (Å²) in [6.45, 7) is 4.43. The molecule has 2 unspecified atom stereocenters. The van der Waals surface area contributed by atoms with Crippen molar-refractivity contribution in [2.45, 2.75) is 32.7 Å². The van der Waals surface area contributed by atoms with E-state index in [0.717, 1.165) is 8.45 Å². The second-order valence-electron chi connectivity index (χ2n) is 6.53. The van der Waals surface area contributed by atoms with Crippen LogP contribution in [0.3, 0.4) is 0 Å². The summed E-state index contributed by atoms with van der Waals surface area (Å²) in [5.74, 6) is 0. The zero-order valence-electron chi connectivity index (χ0n) is 11.6. The second-order valence-corrected chi connectivity index (χ2v) is 27.0. The molecule has 0 aromatic heterocycles. The van der Waals surface area contributed by atoms with E-state index in [1.807, 2.05) is 0 Å². The molecule has 0 bridgehead atoms. The molecule has 0 heterocycles. The predicted molar refractivity (Wildman–Crippen MR) is 88.1 cm³/mol. The van der Waals surface area contributed by atoms with Crippen LogP contribution in [0.2, 0.25) is 18.9 Å². The summed E-state index contributed by atoms with van der Waals surface area (Å²) in [5.41, 5.74) is 2.89. The molecule has 0 spiro atoms. The molecule has 2 aliphatic rings. The average molecular weight is 339 g/mol. The third-order valence-corrected chi connectivity index (χ3v) is 16.1. The van der Waals surface area contributed by atoms with Crippen molar-refractivity contribution in [1.82, 2.24) is 0 Å². The Morgan fingerprint density at radius 2 is 1.22 bits per heavy atom. The third-order valence-electron chi connectivity index (χ3n) is 4.21. The molecule has 0 nitrogen and oxygen atoms in total. The Labute approximate surface area is 126 Å². The quantitative estimate of drug-likeness (QED) is 0.636. The van der Waals surface area contributed by atoms with Crippen molar-refractivity contribution in [3.8, 4) is 0 Å². The molecule has 0 N–H and O–H groups in total. The van der Waals surface area contributed by atoms with E-state index in [1.54, 1.807) is 0 Å². The summed E-state index contributed by atoms with van der Waals surface area (Å²) in [6, 6.07) is 0. The molecular weight excluding hydrogens is 315 g/mol. The molecule has 0 saturated heterocycles. The molecule has 2 aliphatic carbocycles. The monoisotopic (exact) mass is 338 g/mol. The van der Waals surface area contributed by atoms with Crippen molar-refractivity contribution in [2.75, 3.05) is 0 Å². The topological polar surface area (TPSA) is 0 Å². The predicted octanol–water partition coefficient (Wildman–Crippen LogP) is 4.77.